The number of hydrogen-bond donors (Lipinski definition) is 3. The van der Waals surface area contributed by atoms with Crippen LogP contribution in [0.4, 0.5) is 5.69 Å². The summed E-state index contributed by atoms with van der Waals surface area (Å²) in [5.74, 6) is 1.20. The van der Waals surface area contributed by atoms with Crippen molar-refractivity contribution < 1.29 is 24.2 Å². The zero-order valence-electron chi connectivity index (χ0n) is 19.6. The van der Waals surface area contributed by atoms with Crippen LogP contribution in [0, 0.1) is 6.92 Å². The van der Waals surface area contributed by atoms with E-state index in [1.165, 1.54) is 0 Å². The number of rotatable bonds is 8. The van der Waals surface area contributed by atoms with Gasteiger partial charge in [0.25, 0.3) is 5.91 Å². The molecule has 1 heterocycles. The quantitative estimate of drug-likeness (QED) is 0.428. The van der Waals surface area contributed by atoms with Gasteiger partial charge in [0.05, 0.1) is 5.41 Å². The van der Waals surface area contributed by atoms with E-state index in [2.05, 4.69) is 10.6 Å². The smallest absolute Gasteiger partial charge is 0.251 e. The number of carbonyl (C=O) groups is 2. The molecule has 0 unspecified atom stereocenters. The van der Waals surface area contributed by atoms with Crippen molar-refractivity contribution in [1.29, 1.82) is 0 Å². The molecule has 0 aromatic heterocycles. The zero-order valence-corrected chi connectivity index (χ0v) is 19.6. The maximum Gasteiger partial charge on any atom is 0.251 e. The molecule has 0 radical (unpaired) electrons. The van der Waals surface area contributed by atoms with Crippen molar-refractivity contribution in [3.05, 3.63) is 77.4 Å². The fourth-order valence-electron chi connectivity index (χ4n) is 4.41. The van der Waals surface area contributed by atoms with Gasteiger partial charge in [-0.1, -0.05) is 24.3 Å². The van der Waals surface area contributed by atoms with Gasteiger partial charge in [-0.15, -0.1) is 0 Å². The molecule has 0 atom stereocenters. The lowest BCUT2D eigenvalue weighted by Gasteiger charge is -2.17. The van der Waals surface area contributed by atoms with Gasteiger partial charge in [-0.3, -0.25) is 9.59 Å². The minimum atomic E-state index is -0.545. The lowest BCUT2D eigenvalue weighted by Crippen LogP contribution is -2.27. The minimum Gasteiger partial charge on any atom is -0.454 e. The number of carbonyl (C=O) groups excluding carboxylic acids is 2. The molecule has 1 saturated carbocycles. The summed E-state index contributed by atoms with van der Waals surface area (Å²) in [6, 6.07) is 19.0. The maximum atomic E-state index is 13.3. The number of fused-ring (bicyclic) bond motifs is 1. The third-order valence-electron chi connectivity index (χ3n) is 6.68. The van der Waals surface area contributed by atoms with Crippen LogP contribution in [-0.4, -0.2) is 36.9 Å². The first-order valence-corrected chi connectivity index (χ1v) is 11.8. The highest BCUT2D eigenvalue weighted by atomic mass is 16.7. The summed E-state index contributed by atoms with van der Waals surface area (Å²) in [6.45, 7) is 2.71. The highest BCUT2D eigenvalue weighted by molar-refractivity contribution is 6.02. The molecule has 2 aliphatic rings. The Labute approximate surface area is 204 Å². The molecule has 1 fully saturated rings. The van der Waals surface area contributed by atoms with Crippen LogP contribution < -0.4 is 20.1 Å². The molecule has 0 bridgehead atoms. The Kier molecular flexibility index (Phi) is 6.17. The molecule has 7 nitrogen and oxygen atoms in total. The van der Waals surface area contributed by atoms with Gasteiger partial charge in [0.1, 0.15) is 0 Å². The second-order valence-corrected chi connectivity index (χ2v) is 9.04. The first kappa shape index (κ1) is 22.9. The van der Waals surface area contributed by atoms with E-state index in [1.54, 1.807) is 12.1 Å². The van der Waals surface area contributed by atoms with Gasteiger partial charge in [0, 0.05) is 24.4 Å². The van der Waals surface area contributed by atoms with E-state index in [-0.39, 0.29) is 25.2 Å². The Balaban J connectivity index is 1.31. The predicted octanol–water partition coefficient (Wildman–Crippen LogP) is 4.17. The van der Waals surface area contributed by atoms with Crippen molar-refractivity contribution in [3.63, 3.8) is 0 Å². The molecule has 0 saturated heterocycles. The standard InChI is InChI=1S/C28H28N2O5/c1-18-3-9-22(16-23(18)19-4-6-20(7-5-19)26(32)29-13-2-14-31)30-27(33)28(11-12-28)21-8-10-24-25(15-21)35-17-34-24/h3-10,15-16,31H,2,11-14,17H2,1H3,(H,29,32)(H,30,33). The Morgan fingerprint density at radius 2 is 1.74 bits per heavy atom. The monoisotopic (exact) mass is 472 g/mol. The van der Waals surface area contributed by atoms with E-state index in [0.717, 1.165) is 40.8 Å². The molecule has 180 valence electrons. The van der Waals surface area contributed by atoms with Gasteiger partial charge in [-0.05, 0) is 84.8 Å². The van der Waals surface area contributed by atoms with Crippen LogP contribution in [0.1, 0.15) is 40.7 Å². The van der Waals surface area contributed by atoms with E-state index in [0.29, 0.717) is 30.0 Å². The lowest BCUT2D eigenvalue weighted by atomic mass is 9.94. The number of anilines is 1. The second kappa shape index (κ2) is 9.43. The SMILES string of the molecule is Cc1ccc(NC(=O)C2(c3ccc4c(c3)OCO4)CC2)cc1-c1ccc(C(=O)NCCCO)cc1. The van der Waals surface area contributed by atoms with E-state index >= 15 is 0 Å². The van der Waals surface area contributed by atoms with Crippen LogP contribution in [0.15, 0.2) is 60.7 Å². The molecule has 35 heavy (non-hydrogen) atoms. The van der Waals surface area contributed by atoms with Gasteiger partial charge in [-0.2, -0.15) is 0 Å². The molecule has 2 amide bonds. The topological polar surface area (TPSA) is 96.9 Å². The highest BCUT2D eigenvalue weighted by Gasteiger charge is 2.51. The molecule has 1 aliphatic heterocycles. The van der Waals surface area contributed by atoms with Crippen LogP contribution in [0.3, 0.4) is 0 Å². The molecule has 3 aromatic rings. The second-order valence-electron chi connectivity index (χ2n) is 9.04. The van der Waals surface area contributed by atoms with E-state index in [9.17, 15) is 9.59 Å². The summed E-state index contributed by atoms with van der Waals surface area (Å²) in [5, 5.41) is 14.8. The van der Waals surface area contributed by atoms with Gasteiger partial charge in [0.15, 0.2) is 11.5 Å². The third-order valence-corrected chi connectivity index (χ3v) is 6.68. The molecule has 3 N–H and O–H groups in total. The lowest BCUT2D eigenvalue weighted by molar-refractivity contribution is -0.118. The predicted molar refractivity (Wildman–Crippen MR) is 133 cm³/mol. The maximum absolute atomic E-state index is 13.3. The normalized spacial score (nSPS) is 14.9. The van der Waals surface area contributed by atoms with Crippen molar-refractivity contribution in [2.24, 2.45) is 0 Å². The first-order valence-electron chi connectivity index (χ1n) is 11.8. The Morgan fingerprint density at radius 1 is 0.971 bits per heavy atom. The van der Waals surface area contributed by atoms with Crippen molar-refractivity contribution in [1.82, 2.24) is 5.32 Å². The van der Waals surface area contributed by atoms with E-state index in [4.69, 9.17) is 14.6 Å². The molecule has 3 aromatic carbocycles. The molecular weight excluding hydrogens is 444 g/mol. The van der Waals surface area contributed by atoms with Crippen molar-refractivity contribution in [2.45, 2.75) is 31.6 Å². The minimum absolute atomic E-state index is 0.0268. The summed E-state index contributed by atoms with van der Waals surface area (Å²) in [7, 11) is 0. The van der Waals surface area contributed by atoms with Crippen LogP contribution in [0.5, 0.6) is 11.5 Å². The summed E-state index contributed by atoms with van der Waals surface area (Å²) >= 11 is 0. The van der Waals surface area contributed by atoms with Crippen LogP contribution >= 0.6 is 0 Å². The summed E-state index contributed by atoms with van der Waals surface area (Å²) in [6.07, 6.45) is 2.11. The number of benzene rings is 3. The summed E-state index contributed by atoms with van der Waals surface area (Å²) in [5.41, 5.74) is 4.71. The number of aliphatic hydroxyl groups is 1. The van der Waals surface area contributed by atoms with Gasteiger partial charge < -0.3 is 25.2 Å². The number of amides is 2. The summed E-state index contributed by atoms with van der Waals surface area (Å²) in [4.78, 5) is 25.5. The third kappa shape index (κ3) is 4.59. The average molecular weight is 473 g/mol. The molecule has 7 heteroatoms. The van der Waals surface area contributed by atoms with Crippen molar-refractivity contribution >= 4 is 17.5 Å². The van der Waals surface area contributed by atoms with Crippen molar-refractivity contribution in [2.75, 3.05) is 25.3 Å². The Hall–Kier alpha value is -3.84. The van der Waals surface area contributed by atoms with Crippen molar-refractivity contribution in [3.8, 4) is 22.6 Å². The molecule has 5 rings (SSSR count). The Bertz CT molecular complexity index is 1260. The highest BCUT2D eigenvalue weighted by Crippen LogP contribution is 2.51. The van der Waals surface area contributed by atoms with Gasteiger partial charge >= 0.3 is 0 Å². The molecule has 0 spiro atoms. The number of aryl methyl sites for hydroxylation is 1. The average Bonchev–Trinajstić information content (AvgIpc) is 3.56. The number of ether oxygens (including phenoxy) is 2. The van der Waals surface area contributed by atoms with E-state index < -0.39 is 5.41 Å². The van der Waals surface area contributed by atoms with Crippen LogP contribution in [-0.2, 0) is 10.2 Å². The Morgan fingerprint density at radius 3 is 2.49 bits per heavy atom. The van der Waals surface area contributed by atoms with E-state index in [1.807, 2.05) is 55.5 Å². The van der Waals surface area contributed by atoms with Crippen LogP contribution in [0.25, 0.3) is 11.1 Å². The van der Waals surface area contributed by atoms with Gasteiger partial charge in [-0.25, -0.2) is 0 Å². The largest absolute Gasteiger partial charge is 0.454 e. The van der Waals surface area contributed by atoms with Gasteiger partial charge in [0.2, 0.25) is 12.7 Å². The fourth-order valence-corrected chi connectivity index (χ4v) is 4.41. The fraction of sp³-hybridized carbons (Fsp3) is 0.286. The summed E-state index contributed by atoms with van der Waals surface area (Å²) < 4.78 is 10.9. The molecular formula is C28H28N2O5. The first-order chi connectivity index (χ1) is 17.0. The number of aliphatic hydroxyl groups excluding tert-OH is 1. The number of nitrogens with one attached hydrogen (secondary N) is 2. The zero-order chi connectivity index (χ0) is 24.4. The van der Waals surface area contributed by atoms with Crippen LogP contribution in [0.2, 0.25) is 0 Å². The molecule has 1 aliphatic carbocycles. The number of hydrogen-bond acceptors (Lipinski definition) is 5.